The summed E-state index contributed by atoms with van der Waals surface area (Å²) in [5.74, 6) is 2.60. The van der Waals surface area contributed by atoms with E-state index >= 15 is 0 Å². The van der Waals surface area contributed by atoms with Crippen LogP contribution in [0.1, 0.15) is 11.3 Å². The quantitative estimate of drug-likeness (QED) is 0.214. The van der Waals surface area contributed by atoms with Crippen molar-refractivity contribution >= 4 is 17.6 Å². The van der Waals surface area contributed by atoms with E-state index in [0.717, 1.165) is 22.2 Å². The summed E-state index contributed by atoms with van der Waals surface area (Å²) in [6.07, 6.45) is 1.68. The molecule has 6 heteroatoms. The molecule has 0 aliphatic heterocycles. The standard InChI is InChI=1S/C14H16N2O3S/c1-10-13(6-7-18-10)20-9-8-19-12-4-2-11(3-5-12)14(15)16-17/h2-7,17H,8-9H2,1H3,(H2,15,16). The fourth-order valence-electron chi connectivity index (χ4n) is 1.61. The zero-order valence-corrected chi connectivity index (χ0v) is 11.9. The van der Waals surface area contributed by atoms with Gasteiger partial charge in [-0.2, -0.15) is 0 Å². The molecule has 0 atom stereocenters. The van der Waals surface area contributed by atoms with Crippen molar-refractivity contribution in [2.75, 3.05) is 12.4 Å². The maximum Gasteiger partial charge on any atom is 0.170 e. The summed E-state index contributed by atoms with van der Waals surface area (Å²) in [7, 11) is 0. The van der Waals surface area contributed by atoms with Gasteiger partial charge in [-0.25, -0.2) is 0 Å². The molecule has 0 radical (unpaired) electrons. The van der Waals surface area contributed by atoms with E-state index in [4.69, 9.17) is 20.1 Å². The normalized spacial score (nSPS) is 11.6. The monoisotopic (exact) mass is 292 g/mol. The molecule has 0 aliphatic carbocycles. The molecule has 0 fully saturated rings. The van der Waals surface area contributed by atoms with Crippen LogP contribution in [0.5, 0.6) is 5.75 Å². The molecule has 0 bridgehead atoms. The molecule has 5 nitrogen and oxygen atoms in total. The van der Waals surface area contributed by atoms with Gasteiger partial charge in [0.2, 0.25) is 0 Å². The van der Waals surface area contributed by atoms with Crippen molar-refractivity contribution in [1.82, 2.24) is 0 Å². The first-order valence-electron chi connectivity index (χ1n) is 6.08. The predicted octanol–water partition coefficient (Wildman–Crippen LogP) is 2.85. The minimum Gasteiger partial charge on any atom is -0.493 e. The van der Waals surface area contributed by atoms with Crippen molar-refractivity contribution in [3.63, 3.8) is 0 Å². The number of benzene rings is 1. The first-order valence-corrected chi connectivity index (χ1v) is 7.07. The number of ether oxygens (including phenoxy) is 1. The molecule has 1 aromatic carbocycles. The molecule has 20 heavy (non-hydrogen) atoms. The Bertz CT molecular complexity index is 578. The van der Waals surface area contributed by atoms with Gasteiger partial charge in [0, 0.05) is 16.2 Å². The maximum atomic E-state index is 8.56. The highest BCUT2D eigenvalue weighted by Gasteiger charge is 2.02. The fourth-order valence-corrected chi connectivity index (χ4v) is 2.40. The number of rotatable bonds is 6. The van der Waals surface area contributed by atoms with Crippen molar-refractivity contribution in [2.45, 2.75) is 11.8 Å². The van der Waals surface area contributed by atoms with E-state index in [9.17, 15) is 0 Å². The second-order valence-electron chi connectivity index (χ2n) is 4.05. The molecular weight excluding hydrogens is 276 g/mol. The number of nitrogens with two attached hydrogens (primary N) is 1. The first kappa shape index (κ1) is 14.3. The van der Waals surface area contributed by atoms with Gasteiger partial charge in [0.15, 0.2) is 5.84 Å². The Balaban J connectivity index is 1.78. The Morgan fingerprint density at radius 3 is 2.70 bits per heavy atom. The number of thioether (sulfide) groups is 1. The lowest BCUT2D eigenvalue weighted by molar-refractivity contribution is 0.318. The van der Waals surface area contributed by atoms with Crippen molar-refractivity contribution < 1.29 is 14.4 Å². The predicted molar refractivity (Wildman–Crippen MR) is 78.6 cm³/mol. The molecule has 2 aromatic rings. The van der Waals surface area contributed by atoms with E-state index in [1.54, 1.807) is 42.3 Å². The van der Waals surface area contributed by atoms with Crippen molar-refractivity contribution in [2.24, 2.45) is 10.9 Å². The fraction of sp³-hybridized carbons (Fsp3) is 0.214. The number of hydrogen-bond acceptors (Lipinski definition) is 5. The SMILES string of the molecule is Cc1occc1SCCOc1ccc(/C(N)=N/O)cc1. The zero-order chi connectivity index (χ0) is 14.4. The summed E-state index contributed by atoms with van der Waals surface area (Å²) >= 11 is 1.69. The van der Waals surface area contributed by atoms with Crippen molar-refractivity contribution in [1.29, 1.82) is 0 Å². The van der Waals surface area contributed by atoms with Crippen LogP contribution in [0, 0.1) is 6.92 Å². The summed E-state index contributed by atoms with van der Waals surface area (Å²) < 4.78 is 10.8. The third kappa shape index (κ3) is 3.71. The summed E-state index contributed by atoms with van der Waals surface area (Å²) in [5, 5.41) is 11.5. The molecule has 0 saturated carbocycles. The van der Waals surface area contributed by atoms with Crippen LogP contribution < -0.4 is 10.5 Å². The third-order valence-corrected chi connectivity index (χ3v) is 3.78. The summed E-state index contributed by atoms with van der Waals surface area (Å²) in [6.45, 7) is 2.53. The Morgan fingerprint density at radius 1 is 1.35 bits per heavy atom. The lowest BCUT2D eigenvalue weighted by Crippen LogP contribution is -2.12. The molecule has 106 valence electrons. The zero-order valence-electron chi connectivity index (χ0n) is 11.1. The van der Waals surface area contributed by atoms with Crippen LogP contribution in [-0.4, -0.2) is 23.4 Å². The molecule has 1 aromatic heterocycles. The van der Waals surface area contributed by atoms with Crippen LogP contribution in [0.3, 0.4) is 0 Å². The van der Waals surface area contributed by atoms with Gasteiger partial charge < -0.3 is 20.1 Å². The number of nitrogens with zero attached hydrogens (tertiary/aromatic N) is 1. The Labute approximate surface area is 121 Å². The minimum absolute atomic E-state index is 0.0857. The summed E-state index contributed by atoms with van der Waals surface area (Å²) in [6, 6.07) is 9.03. The van der Waals surface area contributed by atoms with Crippen LogP contribution >= 0.6 is 11.8 Å². The Morgan fingerprint density at radius 2 is 2.10 bits per heavy atom. The van der Waals surface area contributed by atoms with Crippen molar-refractivity contribution in [3.8, 4) is 5.75 Å². The van der Waals surface area contributed by atoms with Gasteiger partial charge in [-0.05, 0) is 37.3 Å². The number of hydrogen-bond donors (Lipinski definition) is 2. The topological polar surface area (TPSA) is 81.0 Å². The number of oxime groups is 1. The third-order valence-electron chi connectivity index (χ3n) is 2.68. The molecule has 0 amide bonds. The van der Waals surface area contributed by atoms with E-state index < -0.39 is 0 Å². The van der Waals surface area contributed by atoms with Crippen LogP contribution in [0.2, 0.25) is 0 Å². The molecule has 0 spiro atoms. The second-order valence-corrected chi connectivity index (χ2v) is 5.18. The van der Waals surface area contributed by atoms with Gasteiger partial charge in [0.05, 0.1) is 12.9 Å². The highest BCUT2D eigenvalue weighted by atomic mass is 32.2. The van der Waals surface area contributed by atoms with E-state index in [1.165, 1.54) is 0 Å². The lowest BCUT2D eigenvalue weighted by Gasteiger charge is -2.06. The van der Waals surface area contributed by atoms with Gasteiger partial charge in [-0.15, -0.1) is 11.8 Å². The molecule has 1 heterocycles. The molecule has 3 N–H and O–H groups in total. The molecule has 2 rings (SSSR count). The highest BCUT2D eigenvalue weighted by molar-refractivity contribution is 7.99. The van der Waals surface area contributed by atoms with Crippen molar-refractivity contribution in [3.05, 3.63) is 47.9 Å². The average molecular weight is 292 g/mol. The van der Waals surface area contributed by atoms with Gasteiger partial charge in [-0.1, -0.05) is 5.16 Å². The van der Waals surface area contributed by atoms with Gasteiger partial charge in [0.25, 0.3) is 0 Å². The van der Waals surface area contributed by atoms with Gasteiger partial charge in [-0.3, -0.25) is 0 Å². The van der Waals surface area contributed by atoms with E-state index in [0.29, 0.717) is 12.2 Å². The summed E-state index contributed by atoms with van der Waals surface area (Å²) in [4.78, 5) is 1.14. The van der Waals surface area contributed by atoms with Crippen LogP contribution in [-0.2, 0) is 0 Å². The van der Waals surface area contributed by atoms with Crippen LogP contribution in [0.25, 0.3) is 0 Å². The minimum atomic E-state index is 0.0857. The Kier molecular flexibility index (Phi) is 4.95. The lowest BCUT2D eigenvalue weighted by atomic mass is 10.2. The van der Waals surface area contributed by atoms with E-state index in [-0.39, 0.29) is 5.84 Å². The number of aryl methyl sites for hydroxylation is 1. The van der Waals surface area contributed by atoms with Gasteiger partial charge >= 0.3 is 0 Å². The smallest absolute Gasteiger partial charge is 0.170 e. The molecule has 0 aliphatic rings. The maximum absolute atomic E-state index is 8.56. The number of furan rings is 1. The number of amidine groups is 1. The Hall–Kier alpha value is -2.08. The van der Waals surface area contributed by atoms with E-state index in [1.807, 2.05) is 13.0 Å². The summed E-state index contributed by atoms with van der Waals surface area (Å²) in [5.41, 5.74) is 6.14. The second kappa shape index (κ2) is 6.91. The molecular formula is C14H16N2O3S. The average Bonchev–Trinajstić information content (AvgIpc) is 2.89. The largest absolute Gasteiger partial charge is 0.493 e. The molecule has 0 saturated heterocycles. The van der Waals surface area contributed by atoms with Crippen LogP contribution in [0.4, 0.5) is 0 Å². The molecule has 0 unspecified atom stereocenters. The first-order chi connectivity index (χ1) is 9.70. The van der Waals surface area contributed by atoms with E-state index in [2.05, 4.69) is 5.16 Å². The van der Waals surface area contributed by atoms with Crippen LogP contribution in [0.15, 0.2) is 51.1 Å². The highest BCUT2D eigenvalue weighted by Crippen LogP contribution is 2.23. The van der Waals surface area contributed by atoms with Gasteiger partial charge in [0.1, 0.15) is 11.5 Å².